The van der Waals surface area contributed by atoms with E-state index >= 15 is 0 Å². The van der Waals surface area contributed by atoms with Crippen LogP contribution in [0, 0.1) is 13.8 Å². The Balaban J connectivity index is 0.000000188. The molecule has 9 rings (SSSR count). The molecule has 0 spiro atoms. The fourth-order valence-corrected chi connectivity index (χ4v) is 8.51. The number of para-hydroxylation sites is 2. The normalized spacial score (nSPS) is 11.7. The monoisotopic (exact) mass is 744 g/mol. The molecule has 56 heavy (non-hydrogen) atoms. The third kappa shape index (κ3) is 7.51. The van der Waals surface area contributed by atoms with E-state index in [0.717, 1.165) is 28.1 Å². The Kier molecular flexibility index (Phi) is 11.6. The van der Waals surface area contributed by atoms with Crippen LogP contribution in [0.25, 0.3) is 64.5 Å². The first-order valence-electron chi connectivity index (χ1n) is 19.4. The van der Waals surface area contributed by atoms with Gasteiger partial charge in [-0.1, -0.05) is 142 Å². The summed E-state index contributed by atoms with van der Waals surface area (Å²) in [5.41, 5.74) is 14.0. The van der Waals surface area contributed by atoms with Crippen LogP contribution in [0.4, 0.5) is 0 Å². The second-order valence-electron chi connectivity index (χ2n) is 13.7. The highest BCUT2D eigenvalue weighted by Crippen LogP contribution is 2.41. The smallest absolute Gasteiger partial charge is 0.0735 e. The van der Waals surface area contributed by atoms with E-state index in [1.807, 2.05) is 80.6 Å². The molecule has 0 aliphatic heterocycles. The minimum atomic E-state index is 0.783. The van der Waals surface area contributed by atoms with Crippen LogP contribution in [0.5, 0.6) is 0 Å². The molecule has 2 nitrogen and oxygen atoms in total. The second-order valence-corrected chi connectivity index (χ2v) is 14.8. The van der Waals surface area contributed by atoms with Gasteiger partial charge in [0.15, 0.2) is 0 Å². The number of benzene rings is 7. The summed E-state index contributed by atoms with van der Waals surface area (Å²) in [5, 5.41) is 5.32. The Labute approximate surface area is 335 Å². The van der Waals surface area contributed by atoms with Gasteiger partial charge in [0.05, 0.1) is 22.4 Å². The van der Waals surface area contributed by atoms with Crippen molar-refractivity contribution < 1.29 is 0 Å². The number of aliphatic imine (C=N–C) groups is 1. The molecule has 9 aromatic rings. The van der Waals surface area contributed by atoms with Crippen molar-refractivity contribution in [3.05, 3.63) is 204 Å². The summed E-state index contributed by atoms with van der Waals surface area (Å²) in [6.45, 7) is 16.7. The van der Waals surface area contributed by atoms with Crippen molar-refractivity contribution in [3.63, 3.8) is 0 Å². The quantitative estimate of drug-likeness (QED) is 0.151. The predicted molar refractivity (Wildman–Crippen MR) is 248 cm³/mol. The molecular weight excluding hydrogens is 697 g/mol. The maximum atomic E-state index is 4.74. The first-order valence-corrected chi connectivity index (χ1v) is 20.3. The van der Waals surface area contributed by atoms with Crippen LogP contribution in [-0.4, -0.2) is 10.3 Å². The molecular formula is C53H48N2S. The Morgan fingerprint density at radius 3 is 1.79 bits per heavy atom. The maximum absolute atomic E-state index is 4.74. The van der Waals surface area contributed by atoms with E-state index in [1.165, 1.54) is 69.9 Å². The predicted octanol–water partition coefficient (Wildman–Crippen LogP) is 15.6. The zero-order valence-electron chi connectivity index (χ0n) is 33.2. The van der Waals surface area contributed by atoms with Crippen LogP contribution in [0.15, 0.2) is 187 Å². The lowest BCUT2D eigenvalue weighted by molar-refractivity contribution is 1.18. The number of thiophene rings is 1. The van der Waals surface area contributed by atoms with Crippen LogP contribution in [-0.2, 0) is 0 Å². The second kappa shape index (κ2) is 17.0. The lowest BCUT2D eigenvalue weighted by Crippen LogP contribution is -2.03. The third-order valence-corrected chi connectivity index (χ3v) is 11.4. The lowest BCUT2D eigenvalue weighted by atomic mass is 9.93. The van der Waals surface area contributed by atoms with Gasteiger partial charge >= 0.3 is 0 Å². The van der Waals surface area contributed by atoms with Gasteiger partial charge in [0.1, 0.15) is 0 Å². The Morgan fingerprint density at radius 1 is 0.554 bits per heavy atom. The van der Waals surface area contributed by atoms with Gasteiger partial charge in [0, 0.05) is 42.2 Å². The molecule has 0 aliphatic carbocycles. The molecule has 0 aliphatic rings. The number of nitrogens with zero attached hydrogens (tertiary/aromatic N) is 2. The minimum absolute atomic E-state index is 0.783. The molecule has 2 aromatic heterocycles. The molecule has 0 unspecified atom stereocenters. The Hall–Kier alpha value is -6.29. The van der Waals surface area contributed by atoms with Crippen molar-refractivity contribution in [3.8, 4) is 16.8 Å². The van der Waals surface area contributed by atoms with Gasteiger partial charge in [-0.05, 0) is 110 Å². The molecule has 0 bridgehead atoms. The highest BCUT2D eigenvalue weighted by molar-refractivity contribution is 7.25. The summed E-state index contributed by atoms with van der Waals surface area (Å²) < 4.78 is 5.10. The van der Waals surface area contributed by atoms with Crippen LogP contribution in [0.2, 0.25) is 0 Å². The highest BCUT2D eigenvalue weighted by Gasteiger charge is 2.17. The summed E-state index contributed by atoms with van der Waals surface area (Å²) in [6, 6.07) is 58.0. The van der Waals surface area contributed by atoms with Crippen LogP contribution < -0.4 is 0 Å². The van der Waals surface area contributed by atoms with E-state index in [9.17, 15) is 0 Å². The molecule has 0 radical (unpaired) electrons. The largest absolute Gasteiger partial charge is 0.309 e. The summed E-state index contributed by atoms with van der Waals surface area (Å²) in [4.78, 5) is 4.74. The summed E-state index contributed by atoms with van der Waals surface area (Å²) in [6.07, 6.45) is 2.07. The zero-order valence-corrected chi connectivity index (χ0v) is 34.0. The maximum Gasteiger partial charge on any atom is 0.0735 e. The first kappa shape index (κ1) is 38.0. The average Bonchev–Trinajstić information content (AvgIpc) is 3.78. The van der Waals surface area contributed by atoms with Crippen LogP contribution in [0.3, 0.4) is 0 Å². The van der Waals surface area contributed by atoms with Crippen molar-refractivity contribution in [1.29, 1.82) is 0 Å². The van der Waals surface area contributed by atoms with E-state index in [-0.39, 0.29) is 0 Å². The molecule has 3 heteroatoms. The number of aryl methyl sites for hydroxylation is 2. The van der Waals surface area contributed by atoms with Crippen molar-refractivity contribution in [1.82, 2.24) is 4.57 Å². The summed E-state index contributed by atoms with van der Waals surface area (Å²) in [7, 11) is 0. The zero-order chi connectivity index (χ0) is 39.2. The number of allylic oxidation sites excluding steroid dienone is 2. The molecule has 0 amide bonds. The van der Waals surface area contributed by atoms with E-state index in [2.05, 4.69) is 153 Å². The van der Waals surface area contributed by atoms with E-state index in [1.54, 1.807) is 0 Å². The number of fused-ring (bicyclic) bond motifs is 6. The Bertz CT molecular complexity index is 2850. The van der Waals surface area contributed by atoms with E-state index < -0.39 is 0 Å². The summed E-state index contributed by atoms with van der Waals surface area (Å²) >= 11 is 1.89. The van der Waals surface area contributed by atoms with Gasteiger partial charge < -0.3 is 4.57 Å². The van der Waals surface area contributed by atoms with Crippen molar-refractivity contribution in [2.45, 2.75) is 41.5 Å². The van der Waals surface area contributed by atoms with Gasteiger partial charge in [-0.2, -0.15) is 0 Å². The molecule has 7 aromatic carbocycles. The van der Waals surface area contributed by atoms with Gasteiger partial charge in [0.2, 0.25) is 0 Å². The SMILES string of the molecule is C=C(N=C(/C(C)=C\C)c1ccccc1)c1ccccc1.CC.Cc1cc2c(cc1-c1cc3c4ccccc4n(-c4ccccc4)c3cc1C)sc1ccccc12. The molecule has 0 saturated carbocycles. The number of aromatic nitrogens is 1. The van der Waals surface area contributed by atoms with E-state index in [4.69, 9.17) is 4.99 Å². The molecule has 276 valence electrons. The number of rotatable bonds is 6. The Morgan fingerprint density at radius 2 is 1.11 bits per heavy atom. The minimum Gasteiger partial charge on any atom is -0.309 e. The van der Waals surface area contributed by atoms with Gasteiger partial charge in [-0.3, -0.25) is 0 Å². The fourth-order valence-electron chi connectivity index (χ4n) is 7.38. The van der Waals surface area contributed by atoms with Crippen molar-refractivity contribution in [2.24, 2.45) is 4.99 Å². The molecule has 0 fully saturated rings. The van der Waals surface area contributed by atoms with Crippen molar-refractivity contribution in [2.75, 3.05) is 0 Å². The third-order valence-electron chi connectivity index (χ3n) is 10.3. The van der Waals surface area contributed by atoms with E-state index in [0.29, 0.717) is 0 Å². The highest BCUT2D eigenvalue weighted by atomic mass is 32.1. The topological polar surface area (TPSA) is 17.3 Å². The molecule has 0 saturated heterocycles. The fraction of sp³-hybridized carbons (Fsp3) is 0.113. The molecule has 2 heterocycles. The molecule has 0 atom stereocenters. The lowest BCUT2D eigenvalue weighted by Gasteiger charge is -2.13. The number of hydrogen-bond donors (Lipinski definition) is 0. The van der Waals surface area contributed by atoms with Crippen molar-refractivity contribution >= 4 is 64.7 Å². The molecule has 0 N–H and O–H groups in total. The standard InChI is InChI=1S/C32H23NS.C19H19N.C2H6/c1-20-16-28-24-13-7-9-15-31(24)34-32(28)19-26(20)25-18-27-23-12-6-8-14-29(23)33(30(27)17-21(25)2)22-10-4-3-5-11-22;1-4-15(2)19(18-13-9-6-10-14-18)20-16(3)17-11-7-5-8-12-17;1-2/h3-19H,1-2H3;4-14H,3H2,1-2H3;1-2H3/b;15-4-,20-19?;. The van der Waals surface area contributed by atoms with Gasteiger partial charge in [-0.25, -0.2) is 4.99 Å². The first-order chi connectivity index (χ1) is 27.4. The number of hydrogen-bond acceptors (Lipinski definition) is 2. The van der Waals surface area contributed by atoms with Crippen LogP contribution in [0.1, 0.15) is 49.9 Å². The van der Waals surface area contributed by atoms with Gasteiger partial charge in [0.25, 0.3) is 0 Å². The average molecular weight is 745 g/mol. The summed E-state index contributed by atoms with van der Waals surface area (Å²) in [5.74, 6) is 0. The van der Waals surface area contributed by atoms with Gasteiger partial charge in [-0.15, -0.1) is 11.3 Å². The van der Waals surface area contributed by atoms with Crippen LogP contribution >= 0.6 is 11.3 Å².